The topological polar surface area (TPSA) is 96.2 Å². The molecule has 10 heteroatoms. The molecule has 1 saturated heterocycles. The van der Waals surface area contributed by atoms with Gasteiger partial charge in [-0.15, -0.1) is 11.3 Å². The number of aromatic nitrogens is 4. The summed E-state index contributed by atoms with van der Waals surface area (Å²) in [4.78, 5) is 38.7. The van der Waals surface area contributed by atoms with Gasteiger partial charge in [-0.2, -0.15) is 5.10 Å². The molecule has 1 aliphatic rings. The third-order valence-electron chi connectivity index (χ3n) is 6.19. The highest BCUT2D eigenvalue weighted by atomic mass is 32.1. The minimum atomic E-state index is -0.208. The lowest BCUT2D eigenvalue weighted by Crippen LogP contribution is -2.50. The van der Waals surface area contributed by atoms with Gasteiger partial charge in [0.2, 0.25) is 5.91 Å². The van der Waals surface area contributed by atoms with Crippen molar-refractivity contribution in [2.45, 2.75) is 20.4 Å². The molecule has 0 atom stereocenters. The number of piperazine rings is 1. The summed E-state index contributed by atoms with van der Waals surface area (Å²) in [7, 11) is 0. The van der Waals surface area contributed by atoms with Gasteiger partial charge in [-0.1, -0.05) is 12.1 Å². The van der Waals surface area contributed by atoms with Crippen LogP contribution in [0.4, 0.5) is 10.8 Å². The number of pyridine rings is 1. The predicted molar refractivity (Wildman–Crippen MR) is 140 cm³/mol. The minimum Gasteiger partial charge on any atom is -0.367 e. The molecular weight excluding hydrogens is 474 g/mol. The number of amides is 2. The van der Waals surface area contributed by atoms with Gasteiger partial charge in [0.1, 0.15) is 6.54 Å². The van der Waals surface area contributed by atoms with Gasteiger partial charge in [-0.05, 0) is 44.2 Å². The number of carbonyl (C=O) groups excluding carboxylic acids is 2. The first-order valence-electron chi connectivity index (χ1n) is 11.8. The monoisotopic (exact) mass is 501 g/mol. The number of hydrogen-bond donors (Lipinski definition) is 1. The second-order valence-electron chi connectivity index (χ2n) is 8.70. The highest BCUT2D eigenvalue weighted by Crippen LogP contribution is 2.27. The largest absolute Gasteiger partial charge is 0.367 e. The Labute approximate surface area is 213 Å². The van der Waals surface area contributed by atoms with Gasteiger partial charge in [0, 0.05) is 60.9 Å². The molecule has 0 radical (unpaired) electrons. The number of anilines is 2. The number of aryl methyl sites for hydroxylation is 2. The number of benzene rings is 1. The van der Waals surface area contributed by atoms with E-state index in [0.717, 1.165) is 28.3 Å². The molecule has 36 heavy (non-hydrogen) atoms. The fourth-order valence-electron chi connectivity index (χ4n) is 4.34. The summed E-state index contributed by atoms with van der Waals surface area (Å²) in [6, 6.07) is 13.3. The molecule has 4 heterocycles. The van der Waals surface area contributed by atoms with E-state index in [1.165, 1.54) is 11.3 Å². The molecule has 0 unspecified atom stereocenters. The summed E-state index contributed by atoms with van der Waals surface area (Å²) in [6.07, 6.45) is 3.46. The number of hydrogen-bond acceptors (Lipinski definition) is 7. The maximum atomic E-state index is 13.2. The molecule has 5 rings (SSSR count). The van der Waals surface area contributed by atoms with Crippen molar-refractivity contribution in [1.29, 1.82) is 0 Å². The number of nitrogens with one attached hydrogen (secondary N) is 1. The van der Waals surface area contributed by atoms with Gasteiger partial charge < -0.3 is 9.80 Å². The zero-order chi connectivity index (χ0) is 25.1. The number of rotatable bonds is 6. The van der Waals surface area contributed by atoms with Crippen LogP contribution in [0, 0.1) is 13.8 Å². The Hall–Kier alpha value is -4.05. The molecule has 1 fully saturated rings. The van der Waals surface area contributed by atoms with Crippen molar-refractivity contribution in [1.82, 2.24) is 24.6 Å². The molecule has 0 bridgehead atoms. The van der Waals surface area contributed by atoms with Crippen LogP contribution >= 0.6 is 11.3 Å². The van der Waals surface area contributed by atoms with Gasteiger partial charge in [0.15, 0.2) is 5.13 Å². The maximum Gasteiger partial charge on any atom is 0.259 e. The Kier molecular flexibility index (Phi) is 6.77. The zero-order valence-electron chi connectivity index (χ0n) is 20.2. The second kappa shape index (κ2) is 10.3. The Morgan fingerprint density at radius 2 is 1.86 bits per heavy atom. The molecule has 1 aliphatic heterocycles. The Balaban J connectivity index is 1.23. The summed E-state index contributed by atoms with van der Waals surface area (Å²) < 4.78 is 1.75. The van der Waals surface area contributed by atoms with Gasteiger partial charge in [-0.25, -0.2) is 4.98 Å². The average Bonchev–Trinajstić information content (AvgIpc) is 3.49. The highest BCUT2D eigenvalue weighted by Gasteiger charge is 2.25. The van der Waals surface area contributed by atoms with E-state index in [0.29, 0.717) is 36.9 Å². The smallest absolute Gasteiger partial charge is 0.259 e. The normalized spacial score (nSPS) is 13.6. The van der Waals surface area contributed by atoms with Crippen molar-refractivity contribution in [3.63, 3.8) is 0 Å². The number of para-hydroxylation sites is 1. The van der Waals surface area contributed by atoms with Crippen molar-refractivity contribution >= 4 is 34.0 Å². The van der Waals surface area contributed by atoms with Crippen molar-refractivity contribution in [2.75, 3.05) is 36.4 Å². The average molecular weight is 502 g/mol. The standard InChI is InChI=1S/C26H27N7O2S/c1-18-14-19(2)33(30-18)16-24(34)32-12-10-31(11-13-32)23-8-4-3-7-21(23)25(35)29-26-28-22(17-36-26)20-6-5-9-27-15-20/h3-9,14-15,17H,10-13,16H2,1-2H3,(H,28,29,35). The van der Waals surface area contributed by atoms with Crippen LogP contribution in [0.1, 0.15) is 21.7 Å². The van der Waals surface area contributed by atoms with Crippen molar-refractivity contribution in [2.24, 2.45) is 0 Å². The van der Waals surface area contributed by atoms with Gasteiger partial charge in [0.05, 0.1) is 17.0 Å². The number of nitrogens with zero attached hydrogens (tertiary/aromatic N) is 6. The fraction of sp³-hybridized carbons (Fsp3) is 0.269. The van der Waals surface area contributed by atoms with E-state index in [9.17, 15) is 9.59 Å². The van der Waals surface area contributed by atoms with Gasteiger partial charge >= 0.3 is 0 Å². The summed E-state index contributed by atoms with van der Waals surface area (Å²) in [5, 5.41) is 9.77. The molecule has 2 amide bonds. The van der Waals surface area contributed by atoms with Gasteiger partial charge in [-0.3, -0.25) is 24.6 Å². The van der Waals surface area contributed by atoms with Crippen LogP contribution in [0.3, 0.4) is 0 Å². The number of thiazole rings is 1. The Bertz CT molecular complexity index is 1370. The van der Waals surface area contributed by atoms with Crippen molar-refractivity contribution < 1.29 is 9.59 Å². The summed E-state index contributed by atoms with van der Waals surface area (Å²) in [6.45, 7) is 6.61. The quantitative estimate of drug-likeness (QED) is 0.434. The number of carbonyl (C=O) groups is 2. The fourth-order valence-corrected chi connectivity index (χ4v) is 5.06. The Morgan fingerprint density at radius 1 is 1.06 bits per heavy atom. The van der Waals surface area contributed by atoms with Crippen LogP contribution in [0.2, 0.25) is 0 Å². The Morgan fingerprint density at radius 3 is 2.58 bits per heavy atom. The van der Waals surface area contributed by atoms with Crippen molar-refractivity contribution in [3.05, 3.63) is 77.2 Å². The summed E-state index contributed by atoms with van der Waals surface area (Å²) in [5.41, 5.74) is 5.00. The molecule has 0 aliphatic carbocycles. The molecular formula is C26H27N7O2S. The van der Waals surface area contributed by atoms with Crippen LogP contribution in [0.15, 0.2) is 60.2 Å². The first kappa shape index (κ1) is 23.7. The predicted octanol–water partition coefficient (Wildman–Crippen LogP) is 3.62. The van der Waals surface area contributed by atoms with E-state index in [-0.39, 0.29) is 18.4 Å². The van der Waals surface area contributed by atoms with E-state index in [1.807, 2.05) is 66.6 Å². The van der Waals surface area contributed by atoms with Crippen LogP contribution in [0.25, 0.3) is 11.3 Å². The molecule has 0 saturated carbocycles. The van der Waals surface area contributed by atoms with Crippen LogP contribution in [-0.4, -0.2) is 62.6 Å². The lowest BCUT2D eigenvalue weighted by atomic mass is 10.1. The summed E-state index contributed by atoms with van der Waals surface area (Å²) in [5.74, 6) is -0.152. The van der Waals surface area contributed by atoms with E-state index in [2.05, 4.69) is 25.3 Å². The molecule has 4 aromatic rings. The van der Waals surface area contributed by atoms with Gasteiger partial charge in [0.25, 0.3) is 5.91 Å². The molecule has 0 spiro atoms. The first-order chi connectivity index (χ1) is 17.5. The van der Waals surface area contributed by atoms with Crippen LogP contribution in [-0.2, 0) is 11.3 Å². The van der Waals surface area contributed by atoms with E-state index < -0.39 is 0 Å². The first-order valence-corrected chi connectivity index (χ1v) is 12.7. The van der Waals surface area contributed by atoms with E-state index >= 15 is 0 Å². The lowest BCUT2D eigenvalue weighted by molar-refractivity contribution is -0.132. The minimum absolute atomic E-state index is 0.0556. The SMILES string of the molecule is Cc1cc(C)n(CC(=O)N2CCN(c3ccccc3C(=O)Nc3nc(-c4cccnc4)cs3)CC2)n1. The third kappa shape index (κ3) is 5.13. The van der Waals surface area contributed by atoms with E-state index in [4.69, 9.17) is 0 Å². The zero-order valence-corrected chi connectivity index (χ0v) is 21.0. The van der Waals surface area contributed by atoms with E-state index in [1.54, 1.807) is 17.1 Å². The molecule has 1 N–H and O–H groups in total. The maximum absolute atomic E-state index is 13.2. The van der Waals surface area contributed by atoms with Crippen molar-refractivity contribution in [3.8, 4) is 11.3 Å². The molecule has 3 aromatic heterocycles. The highest BCUT2D eigenvalue weighted by molar-refractivity contribution is 7.14. The lowest BCUT2D eigenvalue weighted by Gasteiger charge is -2.36. The summed E-state index contributed by atoms with van der Waals surface area (Å²) >= 11 is 1.38. The molecule has 184 valence electrons. The van der Waals surface area contributed by atoms with Crippen LogP contribution in [0.5, 0.6) is 0 Å². The second-order valence-corrected chi connectivity index (χ2v) is 9.56. The van der Waals surface area contributed by atoms with Crippen LogP contribution < -0.4 is 10.2 Å². The molecule has 9 nitrogen and oxygen atoms in total. The molecule has 1 aromatic carbocycles. The third-order valence-corrected chi connectivity index (χ3v) is 6.95.